The summed E-state index contributed by atoms with van der Waals surface area (Å²) in [7, 11) is 1.61. The summed E-state index contributed by atoms with van der Waals surface area (Å²) in [5.74, 6) is 6.87. The van der Waals surface area contributed by atoms with Crippen molar-refractivity contribution in [3.8, 4) is 17.6 Å². The summed E-state index contributed by atoms with van der Waals surface area (Å²) in [6.07, 6.45) is 1.18. The summed E-state index contributed by atoms with van der Waals surface area (Å²) in [5, 5.41) is 9.50. The Morgan fingerprint density at radius 1 is 1.28 bits per heavy atom. The largest absolute Gasteiger partial charge is 0.512 e. The molecule has 0 radical (unpaired) electrons. The highest BCUT2D eigenvalue weighted by Gasteiger charge is 2.21. The van der Waals surface area contributed by atoms with Crippen LogP contribution in [0.4, 0.5) is 0 Å². The number of rotatable bonds is 2. The molecule has 0 spiro atoms. The number of methoxy groups -OCH3 is 1. The zero-order chi connectivity index (χ0) is 13.0. The molecule has 0 fully saturated rings. The minimum Gasteiger partial charge on any atom is -0.512 e. The van der Waals surface area contributed by atoms with Crippen molar-refractivity contribution in [3.63, 3.8) is 0 Å². The lowest BCUT2D eigenvalue weighted by molar-refractivity contribution is -0.114. The number of aliphatic hydroxyl groups excluding tert-OH is 1. The Hall–Kier alpha value is -2.21. The fourth-order valence-corrected chi connectivity index (χ4v) is 1.80. The zero-order valence-electron chi connectivity index (χ0n) is 10.2. The van der Waals surface area contributed by atoms with E-state index in [1.54, 1.807) is 7.11 Å². The average Bonchev–Trinajstić information content (AvgIpc) is 2.71. The van der Waals surface area contributed by atoms with Crippen molar-refractivity contribution in [1.29, 1.82) is 0 Å². The first kappa shape index (κ1) is 12.3. The molecule has 0 unspecified atom stereocenters. The lowest BCUT2D eigenvalue weighted by Gasteiger charge is -1.97. The maximum Gasteiger partial charge on any atom is 0.163 e. The second-order valence-electron chi connectivity index (χ2n) is 4.06. The Morgan fingerprint density at radius 2 is 2.00 bits per heavy atom. The third-order valence-corrected chi connectivity index (χ3v) is 2.86. The molecule has 0 aliphatic heterocycles. The third-order valence-electron chi connectivity index (χ3n) is 2.86. The summed E-state index contributed by atoms with van der Waals surface area (Å²) in [4.78, 5) is 11.4. The van der Waals surface area contributed by atoms with E-state index in [0.717, 1.165) is 11.3 Å². The molecule has 1 aliphatic carbocycles. The van der Waals surface area contributed by atoms with Crippen LogP contribution >= 0.6 is 0 Å². The van der Waals surface area contributed by atoms with E-state index in [2.05, 4.69) is 11.8 Å². The van der Waals surface area contributed by atoms with Gasteiger partial charge in [-0.15, -0.1) is 0 Å². The van der Waals surface area contributed by atoms with Gasteiger partial charge in [0.05, 0.1) is 7.11 Å². The van der Waals surface area contributed by atoms with Crippen molar-refractivity contribution in [3.05, 3.63) is 41.2 Å². The van der Waals surface area contributed by atoms with Gasteiger partial charge in [-0.1, -0.05) is 11.8 Å². The standard InChI is InChI=1S/C15H14O3/c1-18-12-7-5-11(6-8-12)3-2-4-13-14(16)9-10-15(13)17/h5-8,16H,4,9-10H2,1H3. The van der Waals surface area contributed by atoms with Crippen molar-refractivity contribution < 1.29 is 14.6 Å². The summed E-state index contributed by atoms with van der Waals surface area (Å²) >= 11 is 0. The topological polar surface area (TPSA) is 46.5 Å². The van der Waals surface area contributed by atoms with Gasteiger partial charge in [0.15, 0.2) is 5.78 Å². The molecule has 0 bridgehead atoms. The van der Waals surface area contributed by atoms with Crippen LogP contribution in [-0.4, -0.2) is 18.0 Å². The predicted octanol–water partition coefficient (Wildman–Crippen LogP) is 2.61. The molecule has 1 aliphatic rings. The number of carbonyl (C=O) groups excluding carboxylic acids is 1. The number of carbonyl (C=O) groups is 1. The number of hydrogen-bond acceptors (Lipinski definition) is 3. The Bertz CT molecular complexity index is 541. The van der Waals surface area contributed by atoms with Crippen LogP contribution in [-0.2, 0) is 4.79 Å². The van der Waals surface area contributed by atoms with Crippen LogP contribution in [0.2, 0.25) is 0 Å². The van der Waals surface area contributed by atoms with Crippen LogP contribution < -0.4 is 4.74 Å². The molecule has 1 aromatic rings. The minimum atomic E-state index is 0.0107. The monoisotopic (exact) mass is 242 g/mol. The average molecular weight is 242 g/mol. The summed E-state index contributed by atoms with van der Waals surface area (Å²) in [6, 6.07) is 7.38. The quantitative estimate of drug-likeness (QED) is 0.811. The molecule has 0 atom stereocenters. The molecule has 3 heteroatoms. The number of benzene rings is 1. The van der Waals surface area contributed by atoms with E-state index in [0.29, 0.717) is 24.8 Å². The lowest BCUT2D eigenvalue weighted by atomic mass is 10.1. The summed E-state index contributed by atoms with van der Waals surface area (Å²) in [6.45, 7) is 0. The Kier molecular flexibility index (Phi) is 3.69. The third kappa shape index (κ3) is 2.72. The van der Waals surface area contributed by atoms with Gasteiger partial charge >= 0.3 is 0 Å². The van der Waals surface area contributed by atoms with Gasteiger partial charge < -0.3 is 9.84 Å². The second kappa shape index (κ2) is 5.42. The van der Waals surface area contributed by atoms with E-state index < -0.39 is 0 Å². The van der Waals surface area contributed by atoms with Gasteiger partial charge in [-0.25, -0.2) is 0 Å². The van der Waals surface area contributed by atoms with E-state index in [1.165, 1.54) is 0 Å². The van der Waals surface area contributed by atoms with Crippen LogP contribution in [0.25, 0.3) is 0 Å². The number of ether oxygens (including phenoxy) is 1. The molecule has 18 heavy (non-hydrogen) atoms. The highest BCUT2D eigenvalue weighted by Crippen LogP contribution is 2.22. The first-order valence-electron chi connectivity index (χ1n) is 5.78. The molecule has 1 aromatic carbocycles. The predicted molar refractivity (Wildman–Crippen MR) is 68.4 cm³/mol. The maximum absolute atomic E-state index is 11.4. The molecule has 3 nitrogen and oxygen atoms in total. The summed E-state index contributed by atoms with van der Waals surface area (Å²) in [5.41, 5.74) is 1.33. The van der Waals surface area contributed by atoms with Gasteiger partial charge in [0.1, 0.15) is 11.5 Å². The number of hydrogen-bond donors (Lipinski definition) is 1. The molecule has 0 saturated carbocycles. The molecule has 0 heterocycles. The Labute approximate surface area is 106 Å². The van der Waals surface area contributed by atoms with Crippen molar-refractivity contribution >= 4 is 5.78 Å². The van der Waals surface area contributed by atoms with Crippen LogP contribution in [0.5, 0.6) is 5.75 Å². The highest BCUT2D eigenvalue weighted by molar-refractivity contribution is 5.98. The van der Waals surface area contributed by atoms with E-state index in [9.17, 15) is 9.90 Å². The van der Waals surface area contributed by atoms with Crippen molar-refractivity contribution in [1.82, 2.24) is 0 Å². The molecule has 0 amide bonds. The van der Waals surface area contributed by atoms with E-state index in [-0.39, 0.29) is 11.5 Å². The van der Waals surface area contributed by atoms with E-state index >= 15 is 0 Å². The van der Waals surface area contributed by atoms with Crippen LogP contribution in [0.1, 0.15) is 24.8 Å². The van der Waals surface area contributed by atoms with Gasteiger partial charge in [0.2, 0.25) is 0 Å². The molecule has 0 saturated heterocycles. The smallest absolute Gasteiger partial charge is 0.163 e. The van der Waals surface area contributed by atoms with Crippen molar-refractivity contribution in [2.75, 3.05) is 7.11 Å². The summed E-state index contributed by atoms with van der Waals surface area (Å²) < 4.78 is 5.05. The number of Topliss-reactive ketones (excluding diaryl/α,β-unsaturated/α-hetero) is 1. The molecule has 92 valence electrons. The normalized spacial score (nSPS) is 14.4. The molecular formula is C15H14O3. The Balaban J connectivity index is 2.04. The second-order valence-corrected chi connectivity index (χ2v) is 4.06. The minimum absolute atomic E-state index is 0.0107. The highest BCUT2D eigenvalue weighted by atomic mass is 16.5. The fourth-order valence-electron chi connectivity index (χ4n) is 1.80. The van der Waals surface area contributed by atoms with Gasteiger partial charge in [-0.3, -0.25) is 4.79 Å². The van der Waals surface area contributed by atoms with Crippen molar-refractivity contribution in [2.24, 2.45) is 0 Å². The van der Waals surface area contributed by atoms with Gasteiger partial charge in [-0.05, 0) is 24.3 Å². The first-order chi connectivity index (χ1) is 8.70. The zero-order valence-corrected chi connectivity index (χ0v) is 10.2. The molecule has 0 aromatic heterocycles. The lowest BCUT2D eigenvalue weighted by Crippen LogP contribution is -1.95. The van der Waals surface area contributed by atoms with Crippen LogP contribution in [0.15, 0.2) is 35.6 Å². The van der Waals surface area contributed by atoms with Crippen LogP contribution in [0.3, 0.4) is 0 Å². The van der Waals surface area contributed by atoms with Gasteiger partial charge in [0, 0.05) is 30.4 Å². The number of allylic oxidation sites excluding steroid dienone is 2. The van der Waals surface area contributed by atoms with Gasteiger partial charge in [-0.2, -0.15) is 0 Å². The number of aliphatic hydroxyl groups is 1. The maximum atomic E-state index is 11.4. The SMILES string of the molecule is COc1ccc(C#CCC2=C(O)CCC2=O)cc1. The van der Waals surface area contributed by atoms with Gasteiger partial charge in [0.25, 0.3) is 0 Å². The van der Waals surface area contributed by atoms with E-state index in [4.69, 9.17) is 4.74 Å². The molecule has 2 rings (SSSR count). The fraction of sp³-hybridized carbons (Fsp3) is 0.267. The first-order valence-corrected chi connectivity index (χ1v) is 5.78. The Morgan fingerprint density at radius 3 is 2.56 bits per heavy atom. The van der Waals surface area contributed by atoms with E-state index in [1.807, 2.05) is 24.3 Å². The number of ketones is 1. The van der Waals surface area contributed by atoms with Crippen LogP contribution in [0, 0.1) is 11.8 Å². The van der Waals surface area contributed by atoms with Crippen molar-refractivity contribution in [2.45, 2.75) is 19.3 Å². The molecular weight excluding hydrogens is 228 g/mol. The molecule has 1 N–H and O–H groups in total.